The van der Waals surface area contributed by atoms with E-state index in [1.807, 2.05) is 0 Å². The maximum absolute atomic E-state index is 13.9. The fourth-order valence-corrected chi connectivity index (χ4v) is 2.82. The quantitative estimate of drug-likeness (QED) is 0.775. The second-order valence-electron chi connectivity index (χ2n) is 5.64. The number of aryl methyl sites for hydroxylation is 1. The molecule has 3 rings (SSSR count). The highest BCUT2D eigenvalue weighted by Gasteiger charge is 2.21. The van der Waals surface area contributed by atoms with Gasteiger partial charge in [0.15, 0.2) is 0 Å². The number of amides is 1. The second-order valence-corrected chi connectivity index (χ2v) is 6.08. The normalized spacial score (nSPS) is 12.2. The van der Waals surface area contributed by atoms with Gasteiger partial charge in [-0.1, -0.05) is 23.7 Å². The lowest BCUT2D eigenvalue weighted by Crippen LogP contribution is -2.34. The lowest BCUT2D eigenvalue weighted by molar-refractivity contribution is -0.119. The van der Waals surface area contributed by atoms with Crippen molar-refractivity contribution in [3.05, 3.63) is 69.5 Å². The van der Waals surface area contributed by atoms with Crippen LogP contribution in [0.1, 0.15) is 18.8 Å². The lowest BCUT2D eigenvalue weighted by Gasteiger charge is -2.18. The first-order valence-corrected chi connectivity index (χ1v) is 8.00. The standard InChI is InChI=1S/C18H15ClFN3O2/c1-10(17(24)22-16-8-7-12(19)9-14(16)20)23-11(2)21-15-6-4-3-5-13(15)18(23)25/h3-10H,1-2H3,(H,22,24). The Morgan fingerprint density at radius 1 is 1.28 bits per heavy atom. The van der Waals surface area contributed by atoms with E-state index >= 15 is 0 Å². The van der Waals surface area contributed by atoms with E-state index in [1.165, 1.54) is 16.7 Å². The molecule has 5 nitrogen and oxygen atoms in total. The molecule has 1 unspecified atom stereocenters. The van der Waals surface area contributed by atoms with Gasteiger partial charge < -0.3 is 5.32 Å². The molecule has 0 spiro atoms. The Bertz CT molecular complexity index is 1030. The molecule has 128 valence electrons. The van der Waals surface area contributed by atoms with Gasteiger partial charge in [0.05, 0.1) is 16.6 Å². The van der Waals surface area contributed by atoms with Gasteiger partial charge in [-0.05, 0) is 44.2 Å². The fraction of sp³-hybridized carbons (Fsp3) is 0.167. The van der Waals surface area contributed by atoms with Crippen LogP contribution >= 0.6 is 11.6 Å². The van der Waals surface area contributed by atoms with Crippen LogP contribution < -0.4 is 10.9 Å². The third-order valence-electron chi connectivity index (χ3n) is 3.94. The van der Waals surface area contributed by atoms with Crippen molar-refractivity contribution >= 4 is 34.1 Å². The number of nitrogens with zero attached hydrogens (tertiary/aromatic N) is 2. The minimum absolute atomic E-state index is 0.000649. The molecule has 0 aliphatic carbocycles. The van der Waals surface area contributed by atoms with E-state index < -0.39 is 17.8 Å². The first kappa shape index (κ1) is 17.1. The van der Waals surface area contributed by atoms with Gasteiger partial charge in [-0.3, -0.25) is 14.2 Å². The molecule has 1 heterocycles. The average Bonchev–Trinajstić information content (AvgIpc) is 2.57. The van der Waals surface area contributed by atoms with Crippen LogP contribution in [0.15, 0.2) is 47.3 Å². The Morgan fingerprint density at radius 3 is 2.72 bits per heavy atom. The van der Waals surface area contributed by atoms with E-state index in [0.29, 0.717) is 16.7 Å². The van der Waals surface area contributed by atoms with Crippen LogP contribution in [0, 0.1) is 12.7 Å². The summed E-state index contributed by atoms with van der Waals surface area (Å²) in [5.41, 5.74) is 0.251. The number of fused-ring (bicyclic) bond motifs is 1. The predicted molar refractivity (Wildman–Crippen MR) is 95.5 cm³/mol. The molecule has 1 amide bonds. The van der Waals surface area contributed by atoms with E-state index in [1.54, 1.807) is 38.1 Å². The minimum atomic E-state index is -0.861. The molecule has 7 heteroatoms. The van der Waals surface area contributed by atoms with Gasteiger partial charge >= 0.3 is 0 Å². The third-order valence-corrected chi connectivity index (χ3v) is 4.17. The predicted octanol–water partition coefficient (Wildman–Crippen LogP) is 3.70. The molecule has 25 heavy (non-hydrogen) atoms. The fourth-order valence-electron chi connectivity index (χ4n) is 2.66. The van der Waals surface area contributed by atoms with E-state index in [-0.39, 0.29) is 16.3 Å². The molecule has 0 radical (unpaired) electrons. The zero-order chi connectivity index (χ0) is 18.1. The van der Waals surface area contributed by atoms with Gasteiger partial charge in [-0.15, -0.1) is 0 Å². The summed E-state index contributed by atoms with van der Waals surface area (Å²) in [6.07, 6.45) is 0. The summed E-state index contributed by atoms with van der Waals surface area (Å²) >= 11 is 5.70. The Morgan fingerprint density at radius 2 is 2.00 bits per heavy atom. The van der Waals surface area contributed by atoms with Gasteiger partial charge in [-0.25, -0.2) is 9.37 Å². The molecule has 0 saturated heterocycles. The third kappa shape index (κ3) is 3.25. The van der Waals surface area contributed by atoms with Crippen molar-refractivity contribution in [1.82, 2.24) is 9.55 Å². The van der Waals surface area contributed by atoms with E-state index in [2.05, 4.69) is 10.3 Å². The number of rotatable bonds is 3. The number of benzene rings is 2. The summed E-state index contributed by atoms with van der Waals surface area (Å²) in [5.74, 6) is -0.764. The van der Waals surface area contributed by atoms with E-state index in [0.717, 1.165) is 6.07 Å². The monoisotopic (exact) mass is 359 g/mol. The molecule has 0 aliphatic rings. The van der Waals surface area contributed by atoms with Crippen molar-refractivity contribution in [2.24, 2.45) is 0 Å². The summed E-state index contributed by atoms with van der Waals surface area (Å²) in [6.45, 7) is 3.22. The van der Waals surface area contributed by atoms with Crippen LogP contribution in [-0.2, 0) is 4.79 Å². The Labute approximate surface area is 148 Å². The van der Waals surface area contributed by atoms with Crippen LogP contribution in [0.25, 0.3) is 10.9 Å². The van der Waals surface area contributed by atoms with Gasteiger partial charge in [0, 0.05) is 5.02 Å². The molecule has 1 atom stereocenters. The van der Waals surface area contributed by atoms with Gasteiger partial charge in [0.1, 0.15) is 17.7 Å². The highest BCUT2D eigenvalue weighted by molar-refractivity contribution is 6.30. The van der Waals surface area contributed by atoms with Crippen molar-refractivity contribution < 1.29 is 9.18 Å². The molecule has 1 aromatic heterocycles. The van der Waals surface area contributed by atoms with Crippen molar-refractivity contribution in [2.75, 3.05) is 5.32 Å². The molecule has 0 aliphatic heterocycles. The maximum atomic E-state index is 13.9. The van der Waals surface area contributed by atoms with E-state index in [4.69, 9.17) is 11.6 Å². The number of hydrogen-bond acceptors (Lipinski definition) is 3. The van der Waals surface area contributed by atoms with Crippen molar-refractivity contribution in [3.8, 4) is 0 Å². The number of carbonyl (C=O) groups is 1. The van der Waals surface area contributed by atoms with Crippen LogP contribution in [0.5, 0.6) is 0 Å². The largest absolute Gasteiger partial charge is 0.322 e. The van der Waals surface area contributed by atoms with Gasteiger partial charge in [-0.2, -0.15) is 0 Å². The van der Waals surface area contributed by atoms with Crippen LogP contribution in [0.3, 0.4) is 0 Å². The number of nitrogens with one attached hydrogen (secondary N) is 1. The summed E-state index contributed by atoms with van der Waals surface area (Å²) in [7, 11) is 0. The smallest absolute Gasteiger partial charge is 0.262 e. The molecule has 0 saturated carbocycles. The summed E-state index contributed by atoms with van der Waals surface area (Å²) in [5, 5.41) is 3.13. The molecule has 2 aromatic carbocycles. The van der Waals surface area contributed by atoms with E-state index in [9.17, 15) is 14.0 Å². The lowest BCUT2D eigenvalue weighted by atomic mass is 10.2. The SMILES string of the molecule is Cc1nc2ccccc2c(=O)n1C(C)C(=O)Nc1ccc(Cl)cc1F. The molecule has 0 bridgehead atoms. The maximum Gasteiger partial charge on any atom is 0.262 e. The highest BCUT2D eigenvalue weighted by Crippen LogP contribution is 2.20. The summed E-state index contributed by atoms with van der Waals surface area (Å²) in [6, 6.07) is 10.0. The number of hydrogen-bond donors (Lipinski definition) is 1. The van der Waals surface area contributed by atoms with Crippen molar-refractivity contribution in [2.45, 2.75) is 19.9 Å². The number of anilines is 1. The zero-order valence-electron chi connectivity index (χ0n) is 13.6. The zero-order valence-corrected chi connectivity index (χ0v) is 14.3. The number of para-hydroxylation sites is 1. The molecular formula is C18H15ClFN3O2. The van der Waals surface area contributed by atoms with Gasteiger partial charge in [0.2, 0.25) is 5.91 Å². The van der Waals surface area contributed by atoms with Crippen LogP contribution in [0.2, 0.25) is 5.02 Å². The molecular weight excluding hydrogens is 345 g/mol. The average molecular weight is 360 g/mol. The highest BCUT2D eigenvalue weighted by atomic mass is 35.5. The Balaban J connectivity index is 1.97. The molecule has 3 aromatic rings. The van der Waals surface area contributed by atoms with Gasteiger partial charge in [0.25, 0.3) is 5.56 Å². The number of aromatic nitrogens is 2. The topological polar surface area (TPSA) is 64.0 Å². The second kappa shape index (κ2) is 6.64. The van der Waals surface area contributed by atoms with Crippen molar-refractivity contribution in [1.29, 1.82) is 0 Å². The Kier molecular flexibility index (Phi) is 4.55. The van der Waals surface area contributed by atoms with Crippen LogP contribution in [0.4, 0.5) is 10.1 Å². The van der Waals surface area contributed by atoms with Crippen LogP contribution in [-0.4, -0.2) is 15.5 Å². The number of halogens is 2. The molecule has 0 fully saturated rings. The Hall–Kier alpha value is -2.73. The molecule has 1 N–H and O–H groups in total. The number of carbonyl (C=O) groups excluding carboxylic acids is 1. The minimum Gasteiger partial charge on any atom is -0.322 e. The summed E-state index contributed by atoms with van der Waals surface area (Å²) in [4.78, 5) is 29.6. The summed E-state index contributed by atoms with van der Waals surface area (Å²) < 4.78 is 15.2. The first-order valence-electron chi connectivity index (χ1n) is 7.62. The van der Waals surface area contributed by atoms with Crippen molar-refractivity contribution in [3.63, 3.8) is 0 Å². The first-order chi connectivity index (χ1) is 11.9.